The standard InChI is InChI=1S/C14H19N2O3/c1-10-9-16(4,11(2)15(10)3)19-14(18)12-7-5-6-8-13(12)17/h5-8,10H,9H2,1-4H3/q+1/p+1. The maximum absolute atomic E-state index is 12.2. The molecule has 19 heavy (non-hydrogen) atoms. The smallest absolute Gasteiger partial charge is 0.402 e. The van der Waals surface area contributed by atoms with Crippen LogP contribution in [0.3, 0.4) is 0 Å². The average Bonchev–Trinajstić information content (AvgIpc) is 2.54. The molecule has 2 atom stereocenters. The summed E-state index contributed by atoms with van der Waals surface area (Å²) in [6.07, 6.45) is 0. The number of quaternary nitrogens is 1. The van der Waals surface area contributed by atoms with Gasteiger partial charge in [-0.2, -0.15) is 4.58 Å². The minimum Gasteiger partial charge on any atom is -0.507 e. The van der Waals surface area contributed by atoms with Crippen molar-refractivity contribution in [3.8, 4) is 5.75 Å². The molecule has 1 aliphatic heterocycles. The summed E-state index contributed by atoms with van der Waals surface area (Å²) in [6.45, 7) is 4.73. The van der Waals surface area contributed by atoms with Crippen LogP contribution >= 0.6 is 0 Å². The maximum Gasteiger partial charge on any atom is 0.402 e. The van der Waals surface area contributed by atoms with Gasteiger partial charge < -0.3 is 5.11 Å². The van der Waals surface area contributed by atoms with Gasteiger partial charge >= 0.3 is 11.8 Å². The minimum atomic E-state index is -0.512. The summed E-state index contributed by atoms with van der Waals surface area (Å²) >= 11 is 0. The SMILES string of the molecule is CC1=[N+](C)C(C)C[N+]1(C)OC(=O)c1ccccc1O. The number of phenols is 1. The molecule has 5 nitrogen and oxygen atoms in total. The normalized spacial score (nSPS) is 26.6. The van der Waals surface area contributed by atoms with Crippen molar-refractivity contribution in [3.63, 3.8) is 0 Å². The van der Waals surface area contributed by atoms with Crippen molar-refractivity contribution in [2.45, 2.75) is 19.9 Å². The third-order valence-corrected chi connectivity index (χ3v) is 3.88. The van der Waals surface area contributed by atoms with Gasteiger partial charge in [-0.15, -0.1) is 0 Å². The first-order valence-corrected chi connectivity index (χ1v) is 6.29. The predicted molar refractivity (Wildman–Crippen MR) is 70.9 cm³/mol. The van der Waals surface area contributed by atoms with Gasteiger partial charge in [-0.05, 0) is 16.8 Å². The van der Waals surface area contributed by atoms with Crippen LogP contribution in [-0.2, 0) is 4.84 Å². The molecule has 0 spiro atoms. The number of aromatic hydroxyl groups is 1. The van der Waals surface area contributed by atoms with Crippen molar-refractivity contribution < 1.29 is 24.0 Å². The van der Waals surface area contributed by atoms with Gasteiger partial charge in [-0.25, -0.2) is 4.79 Å². The Morgan fingerprint density at radius 1 is 1.47 bits per heavy atom. The van der Waals surface area contributed by atoms with Crippen LogP contribution in [0.15, 0.2) is 24.3 Å². The Morgan fingerprint density at radius 2 is 2.11 bits per heavy atom. The molecule has 0 saturated heterocycles. The number of hydroxylamine groups is 3. The fourth-order valence-electron chi connectivity index (χ4n) is 2.39. The lowest BCUT2D eigenvalue weighted by molar-refractivity contribution is -0.999. The summed E-state index contributed by atoms with van der Waals surface area (Å²) in [6, 6.07) is 6.72. The highest BCUT2D eigenvalue weighted by Crippen LogP contribution is 2.22. The number of benzene rings is 1. The number of phenolic OH excluding ortho intramolecular Hbond substituents is 1. The van der Waals surface area contributed by atoms with Crippen LogP contribution in [0.5, 0.6) is 5.75 Å². The van der Waals surface area contributed by atoms with E-state index >= 15 is 0 Å². The van der Waals surface area contributed by atoms with Crippen LogP contribution < -0.4 is 0 Å². The first-order chi connectivity index (χ1) is 8.85. The summed E-state index contributed by atoms with van der Waals surface area (Å²) in [5.74, 6) is 0.399. The number of carbonyl (C=O) groups excluding carboxylic acids is 1. The highest BCUT2D eigenvalue weighted by Gasteiger charge is 2.49. The van der Waals surface area contributed by atoms with Crippen molar-refractivity contribution in [2.75, 3.05) is 20.6 Å². The molecule has 1 aromatic carbocycles. The average molecular weight is 264 g/mol. The van der Waals surface area contributed by atoms with E-state index in [-0.39, 0.29) is 16.0 Å². The van der Waals surface area contributed by atoms with Crippen LogP contribution in [0.2, 0.25) is 0 Å². The van der Waals surface area contributed by atoms with E-state index in [9.17, 15) is 9.90 Å². The number of rotatable bonds is 2. The monoisotopic (exact) mass is 264 g/mol. The van der Waals surface area contributed by atoms with Crippen LogP contribution in [0.4, 0.5) is 0 Å². The molecule has 0 saturated carbocycles. The predicted octanol–water partition coefficient (Wildman–Crippen LogP) is 1.37. The fourth-order valence-corrected chi connectivity index (χ4v) is 2.39. The molecule has 1 aliphatic rings. The molecule has 0 fully saturated rings. The van der Waals surface area contributed by atoms with Gasteiger partial charge in [0.05, 0.1) is 6.92 Å². The number of para-hydroxylation sites is 1. The molecule has 1 heterocycles. The van der Waals surface area contributed by atoms with Gasteiger partial charge in [0.15, 0.2) is 6.54 Å². The minimum absolute atomic E-state index is 0.0580. The lowest BCUT2D eigenvalue weighted by atomic mass is 10.2. The number of nitrogens with zero attached hydrogens (tertiary/aromatic N) is 2. The molecule has 0 amide bonds. The molecule has 0 aliphatic carbocycles. The van der Waals surface area contributed by atoms with E-state index in [0.29, 0.717) is 12.6 Å². The number of likely N-dealkylation sites (N-methyl/N-ethyl adjacent to an activating group) is 2. The van der Waals surface area contributed by atoms with E-state index in [1.807, 2.05) is 21.0 Å². The molecule has 0 aromatic heterocycles. The maximum atomic E-state index is 12.2. The third kappa shape index (κ3) is 2.33. The molecule has 102 valence electrons. The Labute approximate surface area is 112 Å². The molecule has 0 radical (unpaired) electrons. The van der Waals surface area contributed by atoms with Gasteiger partial charge in [-0.3, -0.25) is 4.84 Å². The van der Waals surface area contributed by atoms with E-state index < -0.39 is 5.97 Å². The molecule has 0 bridgehead atoms. The summed E-state index contributed by atoms with van der Waals surface area (Å²) < 4.78 is 2.21. The van der Waals surface area contributed by atoms with E-state index in [0.717, 1.165) is 5.84 Å². The second-order valence-corrected chi connectivity index (χ2v) is 5.19. The van der Waals surface area contributed by atoms with E-state index in [1.54, 1.807) is 18.2 Å². The second kappa shape index (κ2) is 4.66. The number of carbonyl (C=O) groups is 1. The van der Waals surface area contributed by atoms with Gasteiger partial charge in [-0.1, -0.05) is 12.1 Å². The molecule has 2 rings (SSSR count). The highest BCUT2D eigenvalue weighted by atomic mass is 16.7. The molecular formula is C14H20N2O3+2. The van der Waals surface area contributed by atoms with Crippen LogP contribution in [-0.4, -0.2) is 52.8 Å². The van der Waals surface area contributed by atoms with E-state index in [2.05, 4.69) is 11.5 Å². The Balaban J connectivity index is 2.24. The summed E-state index contributed by atoms with van der Waals surface area (Å²) in [4.78, 5) is 17.7. The summed E-state index contributed by atoms with van der Waals surface area (Å²) in [7, 11) is 3.84. The van der Waals surface area contributed by atoms with Gasteiger partial charge in [0.25, 0.3) is 0 Å². The Bertz CT molecular complexity index is 553. The lowest BCUT2D eigenvalue weighted by Gasteiger charge is -2.21. The van der Waals surface area contributed by atoms with E-state index in [1.165, 1.54) is 6.07 Å². The molecule has 1 N–H and O–H groups in total. The number of hydrogen-bond donors (Lipinski definition) is 1. The van der Waals surface area contributed by atoms with Crippen molar-refractivity contribution >= 4 is 11.8 Å². The van der Waals surface area contributed by atoms with E-state index in [4.69, 9.17) is 4.84 Å². The second-order valence-electron chi connectivity index (χ2n) is 5.19. The number of amidine groups is 1. The topological polar surface area (TPSA) is 49.5 Å². The lowest BCUT2D eigenvalue weighted by Crippen LogP contribution is -2.48. The molecule has 5 heteroatoms. The van der Waals surface area contributed by atoms with Crippen molar-refractivity contribution in [1.29, 1.82) is 0 Å². The number of hydrogen-bond acceptors (Lipinski definition) is 3. The first-order valence-electron chi connectivity index (χ1n) is 6.29. The third-order valence-electron chi connectivity index (χ3n) is 3.88. The van der Waals surface area contributed by atoms with Gasteiger partial charge in [0.1, 0.15) is 25.4 Å². The molecule has 1 aromatic rings. The Hall–Kier alpha value is -1.88. The zero-order valence-electron chi connectivity index (χ0n) is 11.8. The Kier molecular flexibility index (Phi) is 3.32. The van der Waals surface area contributed by atoms with Crippen LogP contribution in [0, 0.1) is 0 Å². The first kappa shape index (κ1) is 13.5. The van der Waals surface area contributed by atoms with Gasteiger partial charge in [0, 0.05) is 6.92 Å². The van der Waals surface area contributed by atoms with Crippen molar-refractivity contribution in [2.24, 2.45) is 0 Å². The molecular weight excluding hydrogens is 244 g/mol. The quantitative estimate of drug-likeness (QED) is 0.648. The highest BCUT2D eigenvalue weighted by molar-refractivity contribution is 5.92. The zero-order chi connectivity index (χ0) is 14.2. The van der Waals surface area contributed by atoms with Crippen LogP contribution in [0.25, 0.3) is 0 Å². The molecule has 2 unspecified atom stereocenters. The zero-order valence-corrected chi connectivity index (χ0v) is 11.8. The van der Waals surface area contributed by atoms with Crippen molar-refractivity contribution in [3.05, 3.63) is 29.8 Å². The van der Waals surface area contributed by atoms with Gasteiger partial charge in [0.2, 0.25) is 6.04 Å². The summed E-state index contributed by atoms with van der Waals surface area (Å²) in [5.41, 5.74) is 0.192. The summed E-state index contributed by atoms with van der Waals surface area (Å²) in [5, 5.41) is 9.68. The Morgan fingerprint density at radius 3 is 2.63 bits per heavy atom. The largest absolute Gasteiger partial charge is 0.507 e. The van der Waals surface area contributed by atoms with Crippen LogP contribution in [0.1, 0.15) is 24.2 Å². The fraction of sp³-hybridized carbons (Fsp3) is 0.429. The van der Waals surface area contributed by atoms with Crippen molar-refractivity contribution in [1.82, 2.24) is 0 Å².